The van der Waals surface area contributed by atoms with Crippen LogP contribution in [0.5, 0.6) is 11.5 Å². The minimum atomic E-state index is -0.664. The third-order valence-corrected chi connectivity index (χ3v) is 5.02. The van der Waals surface area contributed by atoms with Crippen LogP contribution in [0.25, 0.3) is 24.3 Å². The van der Waals surface area contributed by atoms with Crippen molar-refractivity contribution in [3.63, 3.8) is 0 Å². The lowest BCUT2D eigenvalue weighted by Crippen LogP contribution is -2.10. The number of hydrogen-bond acceptors (Lipinski definition) is 5. The molecule has 6 heteroatoms. The van der Waals surface area contributed by atoms with Gasteiger partial charge >= 0.3 is 11.9 Å². The van der Waals surface area contributed by atoms with Gasteiger partial charge in [-0.05, 0) is 53.4 Å². The normalized spacial score (nSPS) is 10.9. The molecular formula is C31H27FO5. The first kappa shape index (κ1) is 26.9. The van der Waals surface area contributed by atoms with Crippen LogP contribution in [0.3, 0.4) is 0 Å². The Bertz CT molecular complexity index is 1320. The maximum Gasteiger partial charge on any atom is 0.338 e. The van der Waals surface area contributed by atoms with E-state index in [9.17, 15) is 14.0 Å². The van der Waals surface area contributed by atoms with Crippen molar-refractivity contribution in [1.82, 2.24) is 0 Å². The Hall–Kier alpha value is -4.71. The molecule has 0 N–H and O–H groups in total. The standard InChI is InChI=1S/C31H27FO5/c1-4-30(33)36-20-19-35-27-16-13-25(14-17-27)10-9-23-5-7-24(8-6-23)11-12-26-15-18-29(28(32)21-26)37-31(34)22(2)3/h4-18,21H,1-2,19-20H2,3H3. The fraction of sp³-hybridized carbons (Fsp3) is 0.0968. The number of esters is 2. The zero-order valence-corrected chi connectivity index (χ0v) is 20.5. The van der Waals surface area contributed by atoms with Gasteiger partial charge in [0.2, 0.25) is 0 Å². The molecule has 5 nitrogen and oxygen atoms in total. The highest BCUT2D eigenvalue weighted by atomic mass is 19.1. The van der Waals surface area contributed by atoms with E-state index in [1.165, 1.54) is 19.1 Å². The van der Waals surface area contributed by atoms with Gasteiger partial charge in [0.1, 0.15) is 19.0 Å². The number of hydrogen-bond donors (Lipinski definition) is 0. The minimum Gasteiger partial charge on any atom is -0.490 e. The molecule has 0 atom stereocenters. The van der Waals surface area contributed by atoms with Crippen LogP contribution in [-0.4, -0.2) is 25.2 Å². The van der Waals surface area contributed by atoms with Gasteiger partial charge in [-0.15, -0.1) is 0 Å². The summed E-state index contributed by atoms with van der Waals surface area (Å²) in [6.45, 7) is 8.75. The summed E-state index contributed by atoms with van der Waals surface area (Å²) >= 11 is 0. The Morgan fingerprint density at radius 2 is 1.32 bits per heavy atom. The molecule has 0 saturated heterocycles. The minimum absolute atomic E-state index is 0.130. The van der Waals surface area contributed by atoms with Gasteiger partial charge in [0.25, 0.3) is 0 Å². The van der Waals surface area contributed by atoms with E-state index in [2.05, 4.69) is 13.2 Å². The SMILES string of the molecule is C=CC(=O)OCCOc1ccc(C=Cc2ccc(C=Cc3ccc(OC(=O)C(=C)C)c(F)c3)cc2)cc1. The summed E-state index contributed by atoms with van der Waals surface area (Å²) < 4.78 is 29.6. The van der Waals surface area contributed by atoms with Crippen LogP contribution in [-0.2, 0) is 14.3 Å². The highest BCUT2D eigenvalue weighted by Crippen LogP contribution is 2.21. The molecule has 0 aliphatic heterocycles. The van der Waals surface area contributed by atoms with Crippen LogP contribution in [0.2, 0.25) is 0 Å². The molecule has 0 bridgehead atoms. The number of carbonyl (C=O) groups excluding carboxylic acids is 2. The third-order valence-electron chi connectivity index (χ3n) is 5.02. The van der Waals surface area contributed by atoms with Crippen molar-refractivity contribution in [2.75, 3.05) is 13.2 Å². The molecule has 0 heterocycles. The van der Waals surface area contributed by atoms with Crippen LogP contribution in [0.1, 0.15) is 29.2 Å². The van der Waals surface area contributed by atoms with E-state index < -0.39 is 17.8 Å². The van der Waals surface area contributed by atoms with Crippen LogP contribution < -0.4 is 9.47 Å². The van der Waals surface area contributed by atoms with Crippen molar-refractivity contribution >= 4 is 36.2 Å². The molecule has 0 saturated carbocycles. The zero-order valence-electron chi connectivity index (χ0n) is 20.5. The van der Waals surface area contributed by atoms with Gasteiger partial charge in [0.05, 0.1) is 0 Å². The third kappa shape index (κ3) is 8.78. The average molecular weight is 499 g/mol. The summed E-state index contributed by atoms with van der Waals surface area (Å²) in [6.07, 6.45) is 8.76. The van der Waals surface area contributed by atoms with E-state index in [-0.39, 0.29) is 24.5 Å². The maximum absolute atomic E-state index is 14.2. The zero-order chi connectivity index (χ0) is 26.6. The molecule has 3 rings (SSSR count). The maximum atomic E-state index is 14.2. The van der Waals surface area contributed by atoms with E-state index in [4.69, 9.17) is 14.2 Å². The Balaban J connectivity index is 1.52. The molecule has 0 amide bonds. The second kappa shape index (κ2) is 13.4. The molecule has 0 unspecified atom stereocenters. The first-order valence-corrected chi connectivity index (χ1v) is 11.5. The van der Waals surface area contributed by atoms with Gasteiger partial charge in [-0.25, -0.2) is 14.0 Å². The molecule has 0 spiro atoms. The lowest BCUT2D eigenvalue weighted by molar-refractivity contribution is -0.138. The molecule has 0 radical (unpaired) electrons. The highest BCUT2D eigenvalue weighted by Gasteiger charge is 2.10. The Labute approximate surface area is 215 Å². The van der Waals surface area contributed by atoms with Crippen molar-refractivity contribution in [2.45, 2.75) is 6.92 Å². The molecule has 37 heavy (non-hydrogen) atoms. The van der Waals surface area contributed by atoms with Crippen molar-refractivity contribution in [1.29, 1.82) is 0 Å². The fourth-order valence-corrected chi connectivity index (χ4v) is 3.03. The lowest BCUT2D eigenvalue weighted by atomic mass is 10.1. The molecule has 0 aromatic heterocycles. The molecule has 0 aliphatic carbocycles. The smallest absolute Gasteiger partial charge is 0.338 e. The van der Waals surface area contributed by atoms with Gasteiger partial charge in [-0.1, -0.05) is 79.9 Å². The van der Waals surface area contributed by atoms with E-state index in [0.717, 1.165) is 22.8 Å². The average Bonchev–Trinajstić information content (AvgIpc) is 2.91. The van der Waals surface area contributed by atoms with Gasteiger partial charge in [0, 0.05) is 11.6 Å². The molecule has 3 aromatic carbocycles. The predicted octanol–water partition coefficient (Wildman–Crippen LogP) is 6.76. The molecule has 0 fully saturated rings. The number of carbonyl (C=O) groups is 2. The van der Waals surface area contributed by atoms with E-state index >= 15 is 0 Å². The number of rotatable bonds is 11. The number of halogens is 1. The van der Waals surface area contributed by atoms with Crippen LogP contribution in [0.15, 0.2) is 91.5 Å². The summed E-state index contributed by atoms with van der Waals surface area (Å²) in [5, 5.41) is 0. The predicted molar refractivity (Wildman–Crippen MR) is 144 cm³/mol. The highest BCUT2D eigenvalue weighted by molar-refractivity contribution is 5.88. The first-order valence-electron chi connectivity index (χ1n) is 11.5. The van der Waals surface area contributed by atoms with Crippen LogP contribution >= 0.6 is 0 Å². The van der Waals surface area contributed by atoms with E-state index in [1.54, 1.807) is 12.1 Å². The monoisotopic (exact) mass is 498 g/mol. The fourth-order valence-electron chi connectivity index (χ4n) is 3.03. The first-order chi connectivity index (χ1) is 17.8. The van der Waals surface area contributed by atoms with Gasteiger partial charge in [-0.3, -0.25) is 0 Å². The summed E-state index contributed by atoms with van der Waals surface area (Å²) in [4.78, 5) is 22.6. The largest absolute Gasteiger partial charge is 0.490 e. The van der Waals surface area contributed by atoms with Crippen molar-refractivity contribution in [3.8, 4) is 11.5 Å². The summed E-state index contributed by atoms with van der Waals surface area (Å²) in [5.74, 6) is -1.20. The molecule has 0 aliphatic rings. The van der Waals surface area contributed by atoms with Crippen molar-refractivity contribution < 1.29 is 28.2 Å². The molecule has 188 valence electrons. The summed E-state index contributed by atoms with van der Waals surface area (Å²) in [5.41, 5.74) is 3.83. The lowest BCUT2D eigenvalue weighted by Gasteiger charge is -2.06. The van der Waals surface area contributed by atoms with E-state index in [0.29, 0.717) is 11.3 Å². The molecular weight excluding hydrogens is 471 g/mol. The van der Waals surface area contributed by atoms with Gasteiger partial charge < -0.3 is 14.2 Å². The number of ether oxygens (including phenoxy) is 3. The van der Waals surface area contributed by atoms with Crippen molar-refractivity contribution in [3.05, 3.63) is 120 Å². The van der Waals surface area contributed by atoms with Gasteiger partial charge in [-0.2, -0.15) is 0 Å². The van der Waals surface area contributed by atoms with Gasteiger partial charge in [0.15, 0.2) is 11.6 Å². The quantitative estimate of drug-likeness (QED) is 0.0961. The van der Waals surface area contributed by atoms with Crippen LogP contribution in [0, 0.1) is 5.82 Å². The topological polar surface area (TPSA) is 61.8 Å². The van der Waals surface area contributed by atoms with Crippen LogP contribution in [0.4, 0.5) is 4.39 Å². The Kier molecular flexibility index (Phi) is 9.74. The van der Waals surface area contributed by atoms with E-state index in [1.807, 2.05) is 66.8 Å². The Morgan fingerprint density at radius 3 is 1.84 bits per heavy atom. The summed E-state index contributed by atoms with van der Waals surface area (Å²) in [7, 11) is 0. The van der Waals surface area contributed by atoms with Crippen molar-refractivity contribution in [2.24, 2.45) is 0 Å². The Morgan fingerprint density at radius 1 is 0.811 bits per heavy atom. The second-order valence-electron chi connectivity index (χ2n) is 7.98. The molecule has 3 aromatic rings. The number of benzene rings is 3. The second-order valence-corrected chi connectivity index (χ2v) is 7.98. The summed E-state index contributed by atoms with van der Waals surface area (Å²) in [6, 6.07) is 19.9.